The minimum atomic E-state index is -0.436. The van der Waals surface area contributed by atoms with Gasteiger partial charge in [0.25, 0.3) is 5.91 Å². The van der Waals surface area contributed by atoms with Crippen LogP contribution in [0.5, 0.6) is 0 Å². The van der Waals surface area contributed by atoms with Crippen molar-refractivity contribution in [3.05, 3.63) is 47.2 Å². The van der Waals surface area contributed by atoms with Crippen molar-refractivity contribution >= 4 is 35.1 Å². The third kappa shape index (κ3) is 4.92. The van der Waals surface area contributed by atoms with Gasteiger partial charge in [0.2, 0.25) is 11.9 Å². The largest absolute Gasteiger partial charge is 0.341 e. The van der Waals surface area contributed by atoms with Gasteiger partial charge in [-0.15, -0.1) is 0 Å². The summed E-state index contributed by atoms with van der Waals surface area (Å²) in [5.41, 5.74) is 0.751. The molecular weight excluding hydrogens is 354 g/mol. The Morgan fingerprint density at radius 2 is 1.81 bits per heavy atom. The van der Waals surface area contributed by atoms with E-state index in [1.807, 2.05) is 36.9 Å². The topological polar surface area (TPSA) is 78.4 Å². The molecule has 2 aromatic rings. The van der Waals surface area contributed by atoms with Gasteiger partial charge in [0.15, 0.2) is 5.69 Å². The van der Waals surface area contributed by atoms with Crippen LogP contribution in [0.3, 0.4) is 0 Å². The molecule has 0 bridgehead atoms. The number of hydrogen-bond acceptors (Lipinski definition) is 5. The van der Waals surface area contributed by atoms with Crippen molar-refractivity contribution in [3.63, 3.8) is 0 Å². The second-order valence-corrected chi connectivity index (χ2v) is 6.02. The van der Waals surface area contributed by atoms with Crippen molar-refractivity contribution < 1.29 is 9.59 Å². The molecule has 0 atom stereocenters. The van der Waals surface area contributed by atoms with E-state index in [2.05, 4.69) is 15.3 Å². The van der Waals surface area contributed by atoms with E-state index in [-0.39, 0.29) is 23.2 Å². The van der Waals surface area contributed by atoms with Gasteiger partial charge in [0.1, 0.15) is 0 Å². The number of rotatable bonds is 7. The maximum Gasteiger partial charge on any atom is 0.274 e. The van der Waals surface area contributed by atoms with Crippen LogP contribution >= 0.6 is 11.6 Å². The van der Waals surface area contributed by atoms with Gasteiger partial charge in [-0.1, -0.05) is 29.8 Å². The van der Waals surface area contributed by atoms with Gasteiger partial charge in [0.05, 0.1) is 17.8 Å². The average Bonchev–Trinajstić information content (AvgIpc) is 2.64. The molecule has 26 heavy (non-hydrogen) atoms. The molecule has 0 unspecified atom stereocenters. The van der Waals surface area contributed by atoms with E-state index in [9.17, 15) is 9.59 Å². The van der Waals surface area contributed by atoms with Gasteiger partial charge < -0.3 is 15.1 Å². The summed E-state index contributed by atoms with van der Waals surface area (Å²) in [6, 6.07) is 9.05. The number of likely N-dealkylation sites (N-methyl/N-ethyl adjacent to an activating group) is 1. The molecule has 0 aliphatic rings. The number of halogens is 1. The van der Waals surface area contributed by atoms with Gasteiger partial charge in [-0.3, -0.25) is 9.59 Å². The first-order chi connectivity index (χ1) is 12.5. The molecule has 1 aromatic heterocycles. The van der Waals surface area contributed by atoms with E-state index in [1.54, 1.807) is 12.1 Å². The second-order valence-electron chi connectivity index (χ2n) is 5.61. The molecule has 0 fully saturated rings. The van der Waals surface area contributed by atoms with Crippen LogP contribution < -0.4 is 10.2 Å². The molecule has 1 aromatic carbocycles. The Hall–Kier alpha value is -2.67. The van der Waals surface area contributed by atoms with Gasteiger partial charge >= 0.3 is 0 Å². The van der Waals surface area contributed by atoms with E-state index >= 15 is 0 Å². The highest BCUT2D eigenvalue weighted by Gasteiger charge is 2.21. The molecule has 0 aliphatic carbocycles. The number of nitrogens with one attached hydrogen (secondary N) is 1. The van der Waals surface area contributed by atoms with Crippen LogP contribution in [-0.2, 0) is 4.79 Å². The quantitative estimate of drug-likeness (QED) is 0.804. The monoisotopic (exact) mass is 375 g/mol. The van der Waals surface area contributed by atoms with Crippen LogP contribution in [0.1, 0.15) is 24.3 Å². The predicted molar refractivity (Wildman–Crippen MR) is 103 cm³/mol. The summed E-state index contributed by atoms with van der Waals surface area (Å²) in [6.07, 6.45) is 1.41. The number of para-hydroxylation sites is 1. The van der Waals surface area contributed by atoms with Crippen molar-refractivity contribution in [2.75, 3.05) is 36.9 Å². The van der Waals surface area contributed by atoms with Gasteiger partial charge in [0, 0.05) is 25.8 Å². The smallest absolute Gasteiger partial charge is 0.274 e. The van der Waals surface area contributed by atoms with Gasteiger partial charge in [-0.2, -0.15) is 0 Å². The number of anilines is 2. The van der Waals surface area contributed by atoms with Crippen molar-refractivity contribution in [1.29, 1.82) is 0 Å². The van der Waals surface area contributed by atoms with E-state index < -0.39 is 5.91 Å². The lowest BCUT2D eigenvalue weighted by atomic mass is 10.3. The van der Waals surface area contributed by atoms with Crippen LogP contribution in [0.2, 0.25) is 5.02 Å². The fourth-order valence-corrected chi connectivity index (χ4v) is 2.53. The number of hydrogen-bond donors (Lipinski definition) is 1. The molecule has 0 radical (unpaired) electrons. The molecule has 0 saturated carbocycles. The summed E-state index contributed by atoms with van der Waals surface area (Å²) in [5, 5.41) is 2.89. The van der Waals surface area contributed by atoms with Crippen LogP contribution in [0.25, 0.3) is 0 Å². The minimum absolute atomic E-state index is 0.0820. The number of nitrogens with zero attached hydrogens (tertiary/aromatic N) is 4. The standard InChI is InChI=1S/C18H22ClN5O2/c1-4-24(5-2)18-20-11-14(19)16(22-18)17(26)23(3)12-15(25)21-13-9-7-6-8-10-13/h6-11H,4-5,12H2,1-3H3,(H,21,25). The Balaban J connectivity index is 2.09. The Labute approximate surface area is 158 Å². The van der Waals surface area contributed by atoms with E-state index in [4.69, 9.17) is 11.6 Å². The van der Waals surface area contributed by atoms with Gasteiger partial charge in [-0.05, 0) is 26.0 Å². The second kappa shape index (κ2) is 9.15. The first-order valence-corrected chi connectivity index (χ1v) is 8.71. The van der Waals surface area contributed by atoms with Crippen molar-refractivity contribution in [3.8, 4) is 0 Å². The molecule has 1 heterocycles. The molecule has 0 aliphatic heterocycles. The third-order valence-electron chi connectivity index (χ3n) is 3.77. The Morgan fingerprint density at radius 3 is 2.42 bits per heavy atom. The van der Waals surface area contributed by atoms with E-state index in [0.717, 1.165) is 0 Å². The lowest BCUT2D eigenvalue weighted by molar-refractivity contribution is -0.116. The van der Waals surface area contributed by atoms with Crippen molar-refractivity contribution in [1.82, 2.24) is 14.9 Å². The van der Waals surface area contributed by atoms with Crippen LogP contribution in [-0.4, -0.2) is 53.4 Å². The summed E-state index contributed by atoms with van der Waals surface area (Å²) in [5.74, 6) is -0.305. The molecule has 138 valence electrons. The van der Waals surface area contributed by atoms with Crippen LogP contribution in [0.15, 0.2) is 36.5 Å². The highest BCUT2D eigenvalue weighted by atomic mass is 35.5. The number of aromatic nitrogens is 2. The zero-order chi connectivity index (χ0) is 19.1. The zero-order valence-corrected chi connectivity index (χ0v) is 15.8. The van der Waals surface area contributed by atoms with Crippen molar-refractivity contribution in [2.45, 2.75) is 13.8 Å². The predicted octanol–water partition coefficient (Wildman–Crippen LogP) is 2.69. The molecule has 8 heteroatoms. The number of benzene rings is 1. The lowest BCUT2D eigenvalue weighted by Gasteiger charge is -2.21. The molecule has 2 rings (SSSR count). The Bertz CT molecular complexity index is 765. The van der Waals surface area contributed by atoms with E-state index in [1.165, 1.54) is 18.1 Å². The number of amides is 2. The lowest BCUT2D eigenvalue weighted by Crippen LogP contribution is -2.36. The zero-order valence-electron chi connectivity index (χ0n) is 15.1. The molecular formula is C18H22ClN5O2. The van der Waals surface area contributed by atoms with Crippen LogP contribution in [0.4, 0.5) is 11.6 Å². The summed E-state index contributed by atoms with van der Waals surface area (Å²) < 4.78 is 0. The highest BCUT2D eigenvalue weighted by Crippen LogP contribution is 2.18. The Morgan fingerprint density at radius 1 is 1.15 bits per heavy atom. The first-order valence-electron chi connectivity index (χ1n) is 8.34. The van der Waals surface area contributed by atoms with E-state index in [0.29, 0.717) is 24.7 Å². The summed E-state index contributed by atoms with van der Waals surface area (Å²) in [6.45, 7) is 5.25. The normalized spacial score (nSPS) is 10.3. The summed E-state index contributed by atoms with van der Waals surface area (Å²) in [4.78, 5) is 36.4. The maximum absolute atomic E-state index is 12.7. The fourth-order valence-electron chi connectivity index (χ4n) is 2.36. The summed E-state index contributed by atoms with van der Waals surface area (Å²) >= 11 is 6.10. The average molecular weight is 376 g/mol. The number of carbonyl (C=O) groups is 2. The minimum Gasteiger partial charge on any atom is -0.341 e. The maximum atomic E-state index is 12.7. The summed E-state index contributed by atoms with van der Waals surface area (Å²) in [7, 11) is 1.53. The SMILES string of the molecule is CCN(CC)c1ncc(Cl)c(C(=O)N(C)CC(=O)Nc2ccccc2)n1. The molecule has 0 saturated heterocycles. The molecule has 0 spiro atoms. The molecule has 1 N–H and O–H groups in total. The first kappa shape index (κ1) is 19.7. The molecule has 7 nitrogen and oxygen atoms in total. The Kier molecular flexibility index (Phi) is 6.91. The fraction of sp³-hybridized carbons (Fsp3) is 0.333. The van der Waals surface area contributed by atoms with Crippen molar-refractivity contribution in [2.24, 2.45) is 0 Å². The van der Waals surface area contributed by atoms with Gasteiger partial charge in [-0.25, -0.2) is 9.97 Å². The third-order valence-corrected chi connectivity index (χ3v) is 4.04. The van der Waals surface area contributed by atoms with Crippen LogP contribution in [0, 0.1) is 0 Å². The highest BCUT2D eigenvalue weighted by molar-refractivity contribution is 6.33. The number of carbonyl (C=O) groups excluding carboxylic acids is 2. The molecule has 2 amide bonds.